The first-order chi connectivity index (χ1) is 8.88. The highest BCUT2D eigenvalue weighted by Gasteiger charge is 2.17. The van der Waals surface area contributed by atoms with Gasteiger partial charge in [0.25, 0.3) is 15.0 Å². The van der Waals surface area contributed by atoms with Crippen LogP contribution in [0.1, 0.15) is 10.5 Å². The number of carbonyl (C=O) groups excluding carboxylic acids is 1. The van der Waals surface area contributed by atoms with Crippen molar-refractivity contribution in [3.8, 4) is 0 Å². The molecule has 1 aromatic heterocycles. The second-order valence-corrected chi connectivity index (χ2v) is 5.93. The molecular weight excluding hydrogens is 299 g/mol. The molecule has 2 rings (SSSR count). The Morgan fingerprint density at radius 2 is 2.16 bits per heavy atom. The molecular formula is C9H6ClFN4O3S. The SMILES string of the molecule is O=C(Nc1ccc(S(=O)(=O)Cl)c(F)c1)c1cn[nH]n1. The van der Waals surface area contributed by atoms with Crippen LogP contribution in [0.3, 0.4) is 0 Å². The van der Waals surface area contributed by atoms with E-state index in [-0.39, 0.29) is 11.4 Å². The van der Waals surface area contributed by atoms with Gasteiger partial charge in [0.05, 0.1) is 6.20 Å². The van der Waals surface area contributed by atoms with E-state index in [1.54, 1.807) is 0 Å². The minimum atomic E-state index is -4.16. The van der Waals surface area contributed by atoms with E-state index in [4.69, 9.17) is 10.7 Å². The number of H-pyrrole nitrogens is 1. The van der Waals surface area contributed by atoms with E-state index in [0.29, 0.717) is 0 Å². The number of nitrogens with zero attached hydrogens (tertiary/aromatic N) is 2. The second-order valence-electron chi connectivity index (χ2n) is 3.39. The van der Waals surface area contributed by atoms with Crippen LogP contribution in [-0.2, 0) is 9.05 Å². The normalized spacial score (nSPS) is 11.3. The molecule has 1 aromatic carbocycles. The summed E-state index contributed by atoms with van der Waals surface area (Å²) in [5, 5.41) is 11.5. The van der Waals surface area contributed by atoms with E-state index in [0.717, 1.165) is 12.1 Å². The Kier molecular flexibility index (Phi) is 3.49. The van der Waals surface area contributed by atoms with Crippen molar-refractivity contribution >= 4 is 31.3 Å². The van der Waals surface area contributed by atoms with Crippen LogP contribution in [0.2, 0.25) is 0 Å². The van der Waals surface area contributed by atoms with E-state index in [1.165, 1.54) is 12.3 Å². The van der Waals surface area contributed by atoms with Gasteiger partial charge in [-0.3, -0.25) is 4.79 Å². The summed E-state index contributed by atoms with van der Waals surface area (Å²) in [4.78, 5) is 10.9. The largest absolute Gasteiger partial charge is 0.320 e. The lowest BCUT2D eigenvalue weighted by Gasteiger charge is -2.04. The average molecular weight is 305 g/mol. The Balaban J connectivity index is 2.24. The number of anilines is 1. The van der Waals surface area contributed by atoms with Gasteiger partial charge in [-0.15, -0.1) is 0 Å². The number of nitrogens with one attached hydrogen (secondary N) is 2. The van der Waals surface area contributed by atoms with Crippen LogP contribution < -0.4 is 5.32 Å². The van der Waals surface area contributed by atoms with Gasteiger partial charge in [-0.25, -0.2) is 12.8 Å². The van der Waals surface area contributed by atoms with Gasteiger partial charge in [0.15, 0.2) is 5.69 Å². The molecule has 0 radical (unpaired) electrons. The van der Waals surface area contributed by atoms with Crippen molar-refractivity contribution in [1.29, 1.82) is 0 Å². The van der Waals surface area contributed by atoms with Gasteiger partial charge in [-0.1, -0.05) is 0 Å². The molecule has 0 unspecified atom stereocenters. The predicted molar refractivity (Wildman–Crippen MR) is 63.8 cm³/mol. The van der Waals surface area contributed by atoms with Gasteiger partial charge in [0, 0.05) is 16.4 Å². The number of carbonyl (C=O) groups is 1. The quantitative estimate of drug-likeness (QED) is 0.827. The average Bonchev–Trinajstić information content (AvgIpc) is 2.80. The first-order valence-corrected chi connectivity index (χ1v) is 7.10. The van der Waals surface area contributed by atoms with Crippen LogP contribution in [-0.4, -0.2) is 29.7 Å². The summed E-state index contributed by atoms with van der Waals surface area (Å²) in [5.41, 5.74) is 0.0732. The highest BCUT2D eigenvalue weighted by atomic mass is 35.7. The fourth-order valence-corrected chi connectivity index (χ4v) is 2.18. The third kappa shape index (κ3) is 3.06. The summed E-state index contributed by atoms with van der Waals surface area (Å²) in [6.07, 6.45) is 1.18. The molecule has 100 valence electrons. The first-order valence-electron chi connectivity index (χ1n) is 4.79. The molecule has 0 bridgehead atoms. The Bertz CT molecular complexity index is 717. The maximum absolute atomic E-state index is 13.5. The highest BCUT2D eigenvalue weighted by Crippen LogP contribution is 2.22. The number of halogens is 2. The number of rotatable bonds is 3. The first kappa shape index (κ1) is 13.4. The van der Waals surface area contributed by atoms with Gasteiger partial charge < -0.3 is 5.32 Å². The zero-order valence-corrected chi connectivity index (χ0v) is 10.7. The molecule has 2 aromatic rings. The van der Waals surface area contributed by atoms with E-state index in [1.807, 2.05) is 0 Å². The van der Waals surface area contributed by atoms with Crippen molar-refractivity contribution in [2.45, 2.75) is 4.90 Å². The van der Waals surface area contributed by atoms with Crippen molar-refractivity contribution in [3.63, 3.8) is 0 Å². The van der Waals surface area contributed by atoms with Crippen molar-refractivity contribution in [1.82, 2.24) is 15.4 Å². The van der Waals surface area contributed by atoms with Crippen LogP contribution in [0.4, 0.5) is 10.1 Å². The second kappa shape index (κ2) is 4.94. The molecule has 2 N–H and O–H groups in total. The fourth-order valence-electron chi connectivity index (χ4n) is 1.28. The lowest BCUT2D eigenvalue weighted by atomic mass is 10.3. The predicted octanol–water partition coefficient (Wildman–Crippen LogP) is 1.12. The van der Waals surface area contributed by atoms with Crippen LogP contribution in [0.15, 0.2) is 29.3 Å². The van der Waals surface area contributed by atoms with Crippen molar-refractivity contribution < 1.29 is 17.6 Å². The van der Waals surface area contributed by atoms with Crippen molar-refractivity contribution in [2.75, 3.05) is 5.32 Å². The van der Waals surface area contributed by atoms with Crippen LogP contribution in [0.25, 0.3) is 0 Å². The van der Waals surface area contributed by atoms with Crippen molar-refractivity contribution in [2.24, 2.45) is 0 Å². The Morgan fingerprint density at radius 3 is 2.68 bits per heavy atom. The summed E-state index contributed by atoms with van der Waals surface area (Å²) in [6, 6.07) is 3.00. The number of benzene rings is 1. The molecule has 0 spiro atoms. The zero-order chi connectivity index (χ0) is 14.0. The number of aromatic nitrogens is 3. The molecule has 19 heavy (non-hydrogen) atoms. The number of hydrogen-bond acceptors (Lipinski definition) is 5. The van der Waals surface area contributed by atoms with Gasteiger partial charge in [-0.2, -0.15) is 15.4 Å². The Hall–Kier alpha value is -2.00. The molecule has 0 saturated heterocycles. The Labute approximate surface area is 111 Å². The summed E-state index contributed by atoms with van der Waals surface area (Å²) in [6.45, 7) is 0. The third-order valence-electron chi connectivity index (χ3n) is 2.10. The summed E-state index contributed by atoms with van der Waals surface area (Å²) < 4.78 is 35.5. The summed E-state index contributed by atoms with van der Waals surface area (Å²) in [7, 11) is 0.861. The maximum Gasteiger partial charge on any atom is 0.277 e. The summed E-state index contributed by atoms with van der Waals surface area (Å²) >= 11 is 0. The monoisotopic (exact) mass is 304 g/mol. The molecule has 0 saturated carbocycles. The molecule has 10 heteroatoms. The van der Waals surface area contributed by atoms with Gasteiger partial charge in [-0.05, 0) is 18.2 Å². The summed E-state index contributed by atoms with van der Waals surface area (Å²) in [5.74, 6) is -1.68. The van der Waals surface area contributed by atoms with Crippen LogP contribution in [0, 0.1) is 5.82 Å². The topological polar surface area (TPSA) is 105 Å². The number of amides is 1. The molecule has 0 atom stereocenters. The fraction of sp³-hybridized carbons (Fsp3) is 0. The van der Waals surface area contributed by atoms with Gasteiger partial charge in [0.1, 0.15) is 10.7 Å². The number of hydrogen-bond donors (Lipinski definition) is 2. The van der Waals surface area contributed by atoms with E-state index in [2.05, 4.69) is 20.7 Å². The zero-order valence-electron chi connectivity index (χ0n) is 9.09. The van der Waals surface area contributed by atoms with Gasteiger partial charge >= 0.3 is 0 Å². The molecule has 1 heterocycles. The van der Waals surface area contributed by atoms with Gasteiger partial charge in [0.2, 0.25) is 0 Å². The smallest absolute Gasteiger partial charge is 0.277 e. The Morgan fingerprint density at radius 1 is 1.42 bits per heavy atom. The third-order valence-corrected chi connectivity index (χ3v) is 3.46. The molecule has 0 aliphatic heterocycles. The van der Waals surface area contributed by atoms with E-state index in [9.17, 15) is 17.6 Å². The van der Waals surface area contributed by atoms with Crippen LogP contribution in [0.5, 0.6) is 0 Å². The minimum absolute atomic E-state index is 0.00875. The van der Waals surface area contributed by atoms with E-state index >= 15 is 0 Å². The number of aromatic amines is 1. The lowest BCUT2D eigenvalue weighted by molar-refractivity contribution is 0.102. The molecule has 1 amide bonds. The van der Waals surface area contributed by atoms with E-state index < -0.39 is 25.7 Å². The van der Waals surface area contributed by atoms with Crippen molar-refractivity contribution in [3.05, 3.63) is 35.9 Å². The highest BCUT2D eigenvalue weighted by molar-refractivity contribution is 8.13. The standard InChI is InChI=1S/C9H6ClFN4O3S/c10-19(17,18)8-2-1-5(3-6(8)11)13-9(16)7-4-12-15-14-7/h1-4H,(H,13,16)(H,12,14,15). The minimum Gasteiger partial charge on any atom is -0.320 e. The molecule has 0 aliphatic rings. The molecule has 0 aliphatic carbocycles. The lowest BCUT2D eigenvalue weighted by Crippen LogP contribution is -2.12. The maximum atomic E-state index is 13.5. The molecule has 7 nitrogen and oxygen atoms in total. The van der Waals surface area contributed by atoms with Crippen LogP contribution >= 0.6 is 10.7 Å². The molecule has 0 fully saturated rings.